The molecule has 1 aliphatic heterocycles. The Bertz CT molecular complexity index is 376. The number of allylic oxidation sites excluding steroid dienone is 2. The highest BCUT2D eigenvalue weighted by Gasteiger charge is 2.12. The third kappa shape index (κ3) is 2.05. The van der Waals surface area contributed by atoms with Crippen molar-refractivity contribution < 1.29 is 0 Å². The minimum absolute atomic E-state index is 0.154. The number of thioether (sulfide) groups is 1. The van der Waals surface area contributed by atoms with Crippen LogP contribution in [-0.2, 0) is 0 Å². The van der Waals surface area contributed by atoms with Gasteiger partial charge in [0.05, 0.1) is 2.84 Å². The molecule has 0 saturated heterocycles. The number of benzene rings is 1. The van der Waals surface area contributed by atoms with Crippen LogP contribution in [0.3, 0.4) is 0 Å². The van der Waals surface area contributed by atoms with Crippen molar-refractivity contribution in [2.45, 2.75) is 13.8 Å². The lowest BCUT2D eigenvalue weighted by Gasteiger charge is -1.99. The molecule has 0 bridgehead atoms. The molecule has 1 heterocycles. The molecule has 1 aliphatic rings. The van der Waals surface area contributed by atoms with Crippen molar-refractivity contribution in [1.82, 2.24) is 0 Å². The molecule has 0 aromatic heterocycles. The smallest absolute Gasteiger partial charge is 0.0525 e. The van der Waals surface area contributed by atoms with Crippen LogP contribution in [-0.4, -0.2) is 2.84 Å². The van der Waals surface area contributed by atoms with Crippen molar-refractivity contribution >= 4 is 35.3 Å². The second kappa shape index (κ2) is 3.96. The highest BCUT2D eigenvalue weighted by molar-refractivity contribution is 14.2. The predicted octanol–water partition coefficient (Wildman–Crippen LogP) is 4.13. The van der Waals surface area contributed by atoms with E-state index >= 15 is 0 Å². The van der Waals surface area contributed by atoms with E-state index in [1.54, 1.807) is 6.42 Å². The van der Waals surface area contributed by atoms with Gasteiger partial charge in [-0.3, -0.25) is 0 Å². The van der Waals surface area contributed by atoms with Gasteiger partial charge in [0, 0.05) is 0 Å². The van der Waals surface area contributed by atoms with Crippen molar-refractivity contribution in [2.75, 3.05) is 0 Å². The summed E-state index contributed by atoms with van der Waals surface area (Å²) in [5, 5.41) is 0. The van der Waals surface area contributed by atoms with Gasteiger partial charge >= 0.3 is 0 Å². The third-order valence-electron chi connectivity index (χ3n) is 1.96. The molecular formula is C11H11IS. The largest absolute Gasteiger partial charge is 0.0872 e. The van der Waals surface area contributed by atoms with E-state index < -0.39 is 0 Å². The van der Waals surface area contributed by atoms with E-state index in [0.717, 1.165) is 0 Å². The molecule has 0 aliphatic carbocycles. The Morgan fingerprint density at radius 2 is 1.77 bits per heavy atom. The Hall–Kier alpha value is -0.0900. The molecule has 0 saturated carbocycles. The molecule has 0 nitrogen and oxygen atoms in total. The molecule has 0 unspecified atom stereocenters. The highest BCUT2D eigenvalue weighted by Crippen LogP contribution is 2.41. The second-order valence-corrected chi connectivity index (χ2v) is 8.12. The summed E-state index contributed by atoms with van der Waals surface area (Å²) in [4.78, 5) is 1.52. The molecule has 0 fully saturated rings. The molecule has 68 valence electrons. The van der Waals surface area contributed by atoms with Gasteiger partial charge in [0.25, 0.3) is 0 Å². The van der Waals surface area contributed by atoms with E-state index in [2.05, 4.69) is 44.2 Å². The highest BCUT2D eigenvalue weighted by atomic mass is 127. The Kier molecular flexibility index (Phi) is 2.89. The minimum atomic E-state index is 0.154. The van der Waals surface area contributed by atoms with Crippen LogP contribution in [0.1, 0.15) is 19.4 Å². The summed E-state index contributed by atoms with van der Waals surface area (Å²) in [6, 6.07) is 10.8. The first-order valence-corrected chi connectivity index (χ1v) is 7.17. The topological polar surface area (TPSA) is 0 Å². The van der Waals surface area contributed by atoms with Crippen molar-refractivity contribution in [3.8, 4) is 0 Å². The van der Waals surface area contributed by atoms with Crippen LogP contribution in [0, 0.1) is 0 Å². The van der Waals surface area contributed by atoms with Gasteiger partial charge in [-0.1, -0.05) is 62.8 Å². The summed E-state index contributed by atoms with van der Waals surface area (Å²) < 4.78 is 3.23. The van der Waals surface area contributed by atoms with Crippen molar-refractivity contribution in [2.24, 2.45) is 0 Å². The van der Waals surface area contributed by atoms with Crippen LogP contribution >= 0.6 is 32.5 Å². The van der Waals surface area contributed by atoms with Gasteiger partial charge < -0.3 is 0 Å². The molecule has 0 radical (unpaired) electrons. The van der Waals surface area contributed by atoms with Crippen LogP contribution in [0.15, 0.2) is 38.8 Å². The van der Waals surface area contributed by atoms with Crippen molar-refractivity contribution in [1.29, 1.82) is 0 Å². The number of hydrogen-bond acceptors (Lipinski definition) is 1. The molecular weight excluding hydrogens is 291 g/mol. The average molecular weight is 302 g/mol. The average Bonchev–Trinajstić information content (AvgIpc) is 2.49. The summed E-state index contributed by atoms with van der Waals surface area (Å²) in [6.45, 7) is 4.50. The zero-order chi connectivity index (χ0) is 9.26. The Labute approximate surface area is 93.2 Å². The first kappa shape index (κ1) is 9.46. The molecule has 13 heavy (non-hydrogen) atoms. The van der Waals surface area contributed by atoms with Crippen molar-refractivity contribution in [3.63, 3.8) is 0 Å². The molecule has 2 heteroatoms. The Morgan fingerprint density at radius 1 is 1.08 bits per heavy atom. The minimum Gasteiger partial charge on any atom is -0.0872 e. The van der Waals surface area contributed by atoms with E-state index in [9.17, 15) is 0 Å². The van der Waals surface area contributed by atoms with Crippen LogP contribution in [0.2, 0.25) is 0 Å². The fraction of sp³-hybridized carbons (Fsp3) is 0.182. The van der Waals surface area contributed by atoms with Crippen LogP contribution in [0.25, 0.3) is 0 Å². The zero-order valence-electron chi connectivity index (χ0n) is 7.67. The zero-order valence-corrected chi connectivity index (χ0v) is 10.6. The number of hydrogen-bond donors (Lipinski definition) is 0. The summed E-state index contributed by atoms with van der Waals surface area (Å²) in [6.07, 6.45) is 0. The Balaban J connectivity index is 2.29. The molecule has 1 aromatic carbocycles. The maximum absolute atomic E-state index is 2.27. The predicted molar refractivity (Wildman–Crippen MR) is 70.5 cm³/mol. The normalized spacial score (nSPS) is 16.9. The molecule has 0 spiro atoms. The second-order valence-electron chi connectivity index (χ2n) is 2.93. The molecule has 0 atom stereocenters. The van der Waals surface area contributed by atoms with Crippen LogP contribution in [0.5, 0.6) is 0 Å². The number of rotatable bonds is 1. The summed E-state index contributed by atoms with van der Waals surface area (Å²) >= 11 is 2.13. The van der Waals surface area contributed by atoms with Gasteiger partial charge in [-0.15, -0.1) is 0 Å². The first-order chi connectivity index (χ1) is 6.27. The van der Waals surface area contributed by atoms with Crippen molar-refractivity contribution in [3.05, 3.63) is 44.4 Å². The standard InChI is InChI=1S/C11H11IS/c1-8-9(2)13-11(12-8)10-6-4-3-5-7-10/h3-7H,1-2H3. The lowest BCUT2D eigenvalue weighted by Crippen LogP contribution is -1.87. The van der Waals surface area contributed by atoms with Crippen LogP contribution in [0.4, 0.5) is 0 Å². The van der Waals surface area contributed by atoms with E-state index in [-0.39, 0.29) is 20.7 Å². The summed E-state index contributed by atoms with van der Waals surface area (Å²) in [5.41, 5.74) is 1.43. The molecule has 2 rings (SSSR count). The number of halogens is 1. The van der Waals surface area contributed by atoms with E-state index in [0.29, 0.717) is 0 Å². The first-order valence-electron chi connectivity index (χ1n) is 4.20. The van der Waals surface area contributed by atoms with Gasteiger partial charge in [0.15, 0.2) is 0 Å². The summed E-state index contributed by atoms with van der Waals surface area (Å²) in [5.74, 6) is 0. The maximum atomic E-state index is 2.27. The third-order valence-corrected chi connectivity index (χ3v) is 7.26. The van der Waals surface area contributed by atoms with Gasteiger partial charge in [0.1, 0.15) is 0 Å². The van der Waals surface area contributed by atoms with Gasteiger partial charge in [-0.05, 0) is 27.9 Å². The summed E-state index contributed by atoms with van der Waals surface area (Å²) in [7, 11) is 0. The fourth-order valence-electron chi connectivity index (χ4n) is 1.10. The fourth-order valence-corrected chi connectivity index (χ4v) is 6.28. The Morgan fingerprint density at radius 3 is 2.31 bits per heavy atom. The lowest BCUT2D eigenvalue weighted by atomic mass is 10.2. The van der Waals surface area contributed by atoms with Crippen LogP contribution < -0.4 is 0 Å². The monoisotopic (exact) mass is 302 g/mol. The molecule has 0 N–H and O–H groups in total. The lowest BCUT2D eigenvalue weighted by molar-refractivity contribution is 1.59. The van der Waals surface area contributed by atoms with Gasteiger partial charge in [0.2, 0.25) is 0 Å². The van der Waals surface area contributed by atoms with E-state index in [1.165, 1.54) is 10.5 Å². The molecule has 0 amide bonds. The van der Waals surface area contributed by atoms with Gasteiger partial charge in [-0.25, -0.2) is 0 Å². The van der Waals surface area contributed by atoms with Gasteiger partial charge in [-0.2, -0.15) is 0 Å². The quantitative estimate of drug-likeness (QED) is 0.703. The SMILES string of the molecule is CC1=C(C)I=C(c2ccccc2)S1. The van der Waals surface area contributed by atoms with E-state index in [4.69, 9.17) is 0 Å². The molecule has 1 aromatic rings. The maximum Gasteiger partial charge on any atom is 0.0525 e. The van der Waals surface area contributed by atoms with E-state index in [1.807, 2.05) is 11.8 Å².